The topological polar surface area (TPSA) is 75.9 Å². The summed E-state index contributed by atoms with van der Waals surface area (Å²) in [5.41, 5.74) is 7.97. The molecule has 1 aliphatic heterocycles. The first-order valence-electron chi connectivity index (χ1n) is 9.93. The third-order valence-corrected chi connectivity index (χ3v) is 7.05. The number of sulfone groups is 1. The van der Waals surface area contributed by atoms with E-state index in [1.165, 1.54) is 37.5 Å². The van der Waals surface area contributed by atoms with Gasteiger partial charge >= 0.3 is 0 Å². The molecule has 0 aromatic heterocycles. The number of methoxy groups -OCH3 is 1. The summed E-state index contributed by atoms with van der Waals surface area (Å²) >= 11 is 0. The first-order chi connectivity index (χ1) is 12.9. The normalized spacial score (nSPS) is 25.4. The average molecular weight is 396 g/mol. The minimum Gasteiger partial charge on any atom is -0.495 e. The highest BCUT2D eigenvalue weighted by Gasteiger charge is 2.29. The lowest BCUT2D eigenvalue weighted by molar-refractivity contribution is 0.0790. The van der Waals surface area contributed by atoms with Crippen molar-refractivity contribution in [3.05, 3.63) is 23.8 Å². The first kappa shape index (κ1) is 20.4. The maximum absolute atomic E-state index is 11.3. The number of hydrogen-bond donors (Lipinski definition) is 1. The smallest absolute Gasteiger partial charge is 0.148 e. The largest absolute Gasteiger partial charge is 0.495 e. The summed E-state index contributed by atoms with van der Waals surface area (Å²) in [5.74, 6) is 1.63. The molecular weight excluding hydrogens is 362 g/mol. The lowest BCUT2D eigenvalue weighted by Gasteiger charge is -2.42. The molecule has 0 spiro atoms. The van der Waals surface area contributed by atoms with Crippen LogP contribution in [-0.2, 0) is 9.84 Å². The van der Waals surface area contributed by atoms with E-state index < -0.39 is 9.84 Å². The van der Waals surface area contributed by atoms with Crippen molar-refractivity contribution in [3.8, 4) is 5.75 Å². The highest BCUT2D eigenvalue weighted by atomic mass is 32.2. The highest BCUT2D eigenvalue weighted by molar-refractivity contribution is 7.90. The van der Waals surface area contributed by atoms with Gasteiger partial charge in [-0.1, -0.05) is 6.07 Å². The molecule has 0 radical (unpaired) electrons. The predicted molar refractivity (Wildman–Crippen MR) is 110 cm³/mol. The molecule has 152 valence electrons. The van der Waals surface area contributed by atoms with Crippen LogP contribution in [0, 0.1) is 0 Å². The summed E-state index contributed by atoms with van der Waals surface area (Å²) in [6, 6.07) is 6.86. The molecule has 1 saturated heterocycles. The number of piperazine rings is 1. The van der Waals surface area contributed by atoms with Crippen LogP contribution in [0.25, 0.3) is 0 Å². The molecule has 1 aliphatic carbocycles. The summed E-state index contributed by atoms with van der Waals surface area (Å²) in [7, 11) is -1.20. The van der Waals surface area contributed by atoms with Crippen molar-refractivity contribution in [2.45, 2.75) is 37.6 Å². The monoisotopic (exact) mass is 395 g/mol. The fourth-order valence-electron chi connectivity index (χ4n) is 4.40. The van der Waals surface area contributed by atoms with E-state index in [-0.39, 0.29) is 5.75 Å². The quantitative estimate of drug-likeness (QED) is 0.742. The van der Waals surface area contributed by atoms with Gasteiger partial charge in [0.1, 0.15) is 15.6 Å². The Kier molecular flexibility index (Phi) is 6.65. The maximum atomic E-state index is 11.3. The molecule has 2 fully saturated rings. The fraction of sp³-hybridized carbons (Fsp3) is 0.700. The zero-order valence-electron chi connectivity index (χ0n) is 16.6. The SMILES string of the molecule is COc1cc(C2CCC(N3CCN(CCS(C)(=O)=O)CC3)CC2)ccc1N. The Morgan fingerprint density at radius 3 is 2.37 bits per heavy atom. The third kappa shape index (κ3) is 5.59. The van der Waals surface area contributed by atoms with E-state index in [1.807, 2.05) is 6.07 Å². The van der Waals surface area contributed by atoms with Crippen LogP contribution >= 0.6 is 0 Å². The molecule has 1 saturated carbocycles. The van der Waals surface area contributed by atoms with Gasteiger partial charge in [-0.05, 0) is 49.3 Å². The lowest BCUT2D eigenvalue weighted by Crippen LogP contribution is -2.51. The van der Waals surface area contributed by atoms with Gasteiger partial charge in [0.05, 0.1) is 18.6 Å². The maximum Gasteiger partial charge on any atom is 0.148 e. The number of nitrogen functional groups attached to an aromatic ring is 1. The number of ether oxygens (including phenoxy) is 1. The molecule has 7 heteroatoms. The van der Waals surface area contributed by atoms with Crippen molar-refractivity contribution < 1.29 is 13.2 Å². The number of anilines is 1. The molecule has 0 unspecified atom stereocenters. The van der Waals surface area contributed by atoms with Crippen molar-refractivity contribution in [3.63, 3.8) is 0 Å². The third-order valence-electron chi connectivity index (χ3n) is 6.13. The number of hydrogen-bond acceptors (Lipinski definition) is 6. The van der Waals surface area contributed by atoms with Crippen molar-refractivity contribution in [2.75, 3.05) is 57.6 Å². The molecule has 2 N–H and O–H groups in total. The average Bonchev–Trinajstić information content (AvgIpc) is 2.67. The van der Waals surface area contributed by atoms with Gasteiger partial charge in [0.25, 0.3) is 0 Å². The Morgan fingerprint density at radius 2 is 1.78 bits per heavy atom. The van der Waals surface area contributed by atoms with Gasteiger partial charge in [-0.25, -0.2) is 8.42 Å². The second-order valence-corrected chi connectivity index (χ2v) is 10.3. The lowest BCUT2D eigenvalue weighted by atomic mass is 9.81. The molecule has 6 nitrogen and oxygen atoms in total. The molecule has 27 heavy (non-hydrogen) atoms. The van der Waals surface area contributed by atoms with E-state index in [4.69, 9.17) is 10.5 Å². The molecular formula is C20H33N3O3S. The molecule has 2 aliphatic rings. The Labute approximate surface area is 163 Å². The van der Waals surface area contributed by atoms with E-state index >= 15 is 0 Å². The van der Waals surface area contributed by atoms with Gasteiger partial charge < -0.3 is 10.5 Å². The van der Waals surface area contributed by atoms with Crippen molar-refractivity contribution in [1.82, 2.24) is 9.80 Å². The fourth-order valence-corrected chi connectivity index (χ4v) is 4.99. The van der Waals surface area contributed by atoms with Crippen molar-refractivity contribution in [2.24, 2.45) is 0 Å². The number of nitrogens with two attached hydrogens (primary N) is 1. The molecule has 0 bridgehead atoms. The van der Waals surface area contributed by atoms with Crippen LogP contribution in [-0.4, -0.2) is 76.1 Å². The van der Waals surface area contributed by atoms with Crippen LogP contribution in [0.4, 0.5) is 5.69 Å². The molecule has 3 rings (SSSR count). The second kappa shape index (κ2) is 8.80. The van der Waals surface area contributed by atoms with Crippen LogP contribution in [0.15, 0.2) is 18.2 Å². The summed E-state index contributed by atoms with van der Waals surface area (Å²) < 4.78 is 28.0. The van der Waals surface area contributed by atoms with Crippen LogP contribution in [0.2, 0.25) is 0 Å². The minimum absolute atomic E-state index is 0.267. The Morgan fingerprint density at radius 1 is 1.11 bits per heavy atom. The first-order valence-corrected chi connectivity index (χ1v) is 12.0. The summed E-state index contributed by atoms with van der Waals surface area (Å²) in [6.45, 7) is 4.72. The van der Waals surface area contributed by atoms with Crippen LogP contribution < -0.4 is 10.5 Å². The van der Waals surface area contributed by atoms with Gasteiger partial charge in [-0.15, -0.1) is 0 Å². The zero-order chi connectivity index (χ0) is 19.4. The van der Waals surface area contributed by atoms with Gasteiger partial charge in [0.2, 0.25) is 0 Å². The van der Waals surface area contributed by atoms with Crippen molar-refractivity contribution in [1.29, 1.82) is 0 Å². The Bertz CT molecular complexity index is 722. The number of benzene rings is 1. The second-order valence-electron chi connectivity index (χ2n) is 8.01. The van der Waals surface area contributed by atoms with Gasteiger partial charge in [-0.3, -0.25) is 9.80 Å². The minimum atomic E-state index is -2.87. The van der Waals surface area contributed by atoms with E-state index in [0.717, 1.165) is 31.9 Å². The highest BCUT2D eigenvalue weighted by Crippen LogP contribution is 2.37. The predicted octanol–water partition coefficient (Wildman–Crippen LogP) is 1.97. The molecule has 0 amide bonds. The van der Waals surface area contributed by atoms with E-state index in [1.54, 1.807) is 7.11 Å². The summed E-state index contributed by atoms with van der Waals surface area (Å²) in [6.07, 6.45) is 6.16. The zero-order valence-corrected chi connectivity index (χ0v) is 17.4. The summed E-state index contributed by atoms with van der Waals surface area (Å²) in [5, 5.41) is 0. The molecule has 0 atom stereocenters. The molecule has 1 aromatic carbocycles. The van der Waals surface area contributed by atoms with E-state index in [2.05, 4.69) is 21.9 Å². The Balaban J connectivity index is 1.46. The van der Waals surface area contributed by atoms with Gasteiger partial charge in [-0.2, -0.15) is 0 Å². The van der Waals surface area contributed by atoms with Crippen LogP contribution in [0.5, 0.6) is 5.75 Å². The van der Waals surface area contributed by atoms with Gasteiger partial charge in [0.15, 0.2) is 0 Å². The summed E-state index contributed by atoms with van der Waals surface area (Å²) in [4.78, 5) is 4.89. The Hall–Kier alpha value is -1.31. The van der Waals surface area contributed by atoms with E-state index in [0.29, 0.717) is 24.2 Å². The van der Waals surface area contributed by atoms with Crippen molar-refractivity contribution >= 4 is 15.5 Å². The molecule has 1 aromatic rings. The number of nitrogens with zero attached hydrogens (tertiary/aromatic N) is 2. The van der Waals surface area contributed by atoms with Crippen LogP contribution in [0.1, 0.15) is 37.2 Å². The standard InChI is InChI=1S/C20H33N3O3S/c1-26-20-15-17(5-8-19(20)21)16-3-6-18(7-4-16)23-11-9-22(10-12-23)13-14-27(2,24)25/h5,8,15-16,18H,3-4,6-7,9-14,21H2,1-2H3. The van der Waals surface area contributed by atoms with Crippen LogP contribution in [0.3, 0.4) is 0 Å². The number of rotatable bonds is 6. The van der Waals surface area contributed by atoms with Gasteiger partial charge in [0, 0.05) is 45.0 Å². The molecule has 1 heterocycles. The van der Waals surface area contributed by atoms with E-state index in [9.17, 15) is 8.42 Å².